The zero-order valence-electron chi connectivity index (χ0n) is 13.1. The molecule has 2 saturated heterocycles. The van der Waals surface area contributed by atoms with E-state index in [9.17, 15) is 14.0 Å². The van der Waals surface area contributed by atoms with Crippen molar-refractivity contribution in [2.24, 2.45) is 5.73 Å². The second-order valence-electron chi connectivity index (χ2n) is 6.10. The minimum atomic E-state index is -0.786. The molecule has 3 rings (SSSR count). The van der Waals surface area contributed by atoms with E-state index in [1.807, 2.05) is 4.90 Å². The largest absolute Gasteiger partial charge is 0.379 e. The van der Waals surface area contributed by atoms with E-state index in [0.717, 1.165) is 6.07 Å². The number of halogens is 2. The number of amides is 2. The average Bonchev–Trinajstić information content (AvgIpc) is 3.08. The van der Waals surface area contributed by atoms with Crippen LogP contribution in [0.2, 0.25) is 5.02 Å². The Kier molecular flexibility index (Phi) is 4.76. The molecule has 0 saturated carbocycles. The van der Waals surface area contributed by atoms with Gasteiger partial charge in [-0.2, -0.15) is 0 Å². The van der Waals surface area contributed by atoms with E-state index in [4.69, 9.17) is 22.1 Å². The van der Waals surface area contributed by atoms with Crippen LogP contribution >= 0.6 is 11.6 Å². The van der Waals surface area contributed by atoms with Gasteiger partial charge in [0.05, 0.1) is 17.2 Å². The van der Waals surface area contributed by atoms with Gasteiger partial charge in [-0.25, -0.2) is 4.39 Å². The van der Waals surface area contributed by atoms with E-state index in [0.29, 0.717) is 39.2 Å². The van der Waals surface area contributed by atoms with Crippen LogP contribution in [0.15, 0.2) is 18.2 Å². The lowest BCUT2D eigenvalue weighted by Gasteiger charge is -2.43. The van der Waals surface area contributed by atoms with Crippen molar-refractivity contribution in [3.8, 4) is 0 Å². The van der Waals surface area contributed by atoms with Crippen molar-refractivity contribution < 1.29 is 18.7 Å². The van der Waals surface area contributed by atoms with Crippen LogP contribution in [0.4, 0.5) is 4.39 Å². The van der Waals surface area contributed by atoms with Crippen LogP contribution in [0, 0.1) is 5.82 Å². The topological polar surface area (TPSA) is 75.9 Å². The number of carbonyl (C=O) groups is 2. The summed E-state index contributed by atoms with van der Waals surface area (Å²) in [6, 6.07) is 3.73. The van der Waals surface area contributed by atoms with Gasteiger partial charge in [0, 0.05) is 39.2 Å². The Hall–Kier alpha value is -1.70. The van der Waals surface area contributed by atoms with Crippen molar-refractivity contribution in [2.75, 3.05) is 39.4 Å². The third-order valence-corrected chi connectivity index (χ3v) is 5.12. The van der Waals surface area contributed by atoms with Crippen molar-refractivity contribution in [2.45, 2.75) is 12.0 Å². The summed E-state index contributed by atoms with van der Waals surface area (Å²) in [4.78, 5) is 28.1. The van der Waals surface area contributed by atoms with Gasteiger partial charge >= 0.3 is 0 Å². The van der Waals surface area contributed by atoms with Crippen LogP contribution in [0.1, 0.15) is 16.8 Å². The quantitative estimate of drug-likeness (QED) is 0.873. The van der Waals surface area contributed by atoms with Gasteiger partial charge in [0.2, 0.25) is 5.91 Å². The standard InChI is InChI=1S/C16H19ClFN3O3/c17-13-2-1-11(18)9-12(13)14(22)20-4-6-21(7-5-20)16(15(19)23)3-8-24-10-16/h1-2,9H,3-8,10H2,(H2,19,23). The molecular formula is C16H19ClFN3O3. The summed E-state index contributed by atoms with van der Waals surface area (Å²) in [5.74, 6) is -1.21. The predicted molar refractivity (Wildman–Crippen MR) is 86.2 cm³/mol. The van der Waals surface area contributed by atoms with E-state index >= 15 is 0 Å². The molecule has 0 radical (unpaired) electrons. The summed E-state index contributed by atoms with van der Waals surface area (Å²) >= 11 is 6.00. The summed E-state index contributed by atoms with van der Waals surface area (Å²) in [6.07, 6.45) is 0.562. The number of rotatable bonds is 3. The summed E-state index contributed by atoms with van der Waals surface area (Å²) in [7, 11) is 0. The second kappa shape index (κ2) is 6.66. The maximum absolute atomic E-state index is 13.4. The summed E-state index contributed by atoms with van der Waals surface area (Å²) in [5.41, 5.74) is 4.95. The summed E-state index contributed by atoms with van der Waals surface area (Å²) in [5, 5.41) is 0.224. The first-order valence-corrected chi connectivity index (χ1v) is 8.19. The zero-order chi connectivity index (χ0) is 17.3. The zero-order valence-corrected chi connectivity index (χ0v) is 13.9. The Morgan fingerprint density at radius 2 is 1.96 bits per heavy atom. The van der Waals surface area contributed by atoms with Crippen molar-refractivity contribution in [1.82, 2.24) is 9.80 Å². The number of ether oxygens (including phenoxy) is 1. The Labute approximate surface area is 144 Å². The van der Waals surface area contributed by atoms with Crippen LogP contribution in [0.3, 0.4) is 0 Å². The third-order valence-electron chi connectivity index (χ3n) is 4.79. The molecule has 2 N–H and O–H groups in total. The summed E-state index contributed by atoms with van der Waals surface area (Å²) < 4.78 is 18.7. The van der Waals surface area contributed by atoms with E-state index in [1.54, 1.807) is 4.90 Å². The van der Waals surface area contributed by atoms with E-state index in [1.165, 1.54) is 12.1 Å². The smallest absolute Gasteiger partial charge is 0.255 e. The van der Waals surface area contributed by atoms with Gasteiger partial charge in [0.25, 0.3) is 5.91 Å². The van der Waals surface area contributed by atoms with Gasteiger partial charge in [-0.1, -0.05) is 11.6 Å². The van der Waals surface area contributed by atoms with Gasteiger partial charge < -0.3 is 15.4 Å². The SMILES string of the molecule is NC(=O)C1(N2CCN(C(=O)c3cc(F)ccc3Cl)CC2)CCOC1. The molecule has 6 nitrogen and oxygen atoms in total. The van der Waals surface area contributed by atoms with Crippen LogP contribution in [0.5, 0.6) is 0 Å². The molecule has 1 unspecified atom stereocenters. The molecule has 2 heterocycles. The normalized spacial score (nSPS) is 25.0. The van der Waals surface area contributed by atoms with Crippen LogP contribution in [-0.4, -0.2) is 66.5 Å². The molecule has 24 heavy (non-hydrogen) atoms. The average molecular weight is 356 g/mol. The Morgan fingerprint density at radius 3 is 2.54 bits per heavy atom. The number of hydrogen-bond acceptors (Lipinski definition) is 4. The lowest BCUT2D eigenvalue weighted by atomic mass is 9.94. The highest BCUT2D eigenvalue weighted by molar-refractivity contribution is 6.33. The highest BCUT2D eigenvalue weighted by Gasteiger charge is 2.47. The molecule has 2 aliphatic heterocycles. The van der Waals surface area contributed by atoms with Crippen LogP contribution < -0.4 is 5.73 Å². The predicted octanol–water partition coefficient (Wildman–Crippen LogP) is 0.881. The molecule has 130 valence electrons. The second-order valence-corrected chi connectivity index (χ2v) is 6.51. The highest BCUT2D eigenvalue weighted by Crippen LogP contribution is 2.28. The first-order chi connectivity index (χ1) is 11.4. The minimum Gasteiger partial charge on any atom is -0.379 e. The van der Waals surface area contributed by atoms with Crippen LogP contribution in [-0.2, 0) is 9.53 Å². The highest BCUT2D eigenvalue weighted by atomic mass is 35.5. The molecule has 2 fully saturated rings. The number of carbonyl (C=O) groups excluding carboxylic acids is 2. The molecule has 2 amide bonds. The van der Waals surface area contributed by atoms with E-state index < -0.39 is 17.3 Å². The molecule has 0 bridgehead atoms. The van der Waals surface area contributed by atoms with E-state index in [-0.39, 0.29) is 23.1 Å². The van der Waals surface area contributed by atoms with Crippen molar-refractivity contribution in [3.05, 3.63) is 34.6 Å². The minimum absolute atomic E-state index is 0.152. The lowest BCUT2D eigenvalue weighted by Crippen LogP contribution is -2.63. The lowest BCUT2D eigenvalue weighted by molar-refractivity contribution is -0.131. The molecule has 0 spiro atoms. The molecule has 8 heteroatoms. The first kappa shape index (κ1) is 17.1. The van der Waals surface area contributed by atoms with Crippen molar-refractivity contribution in [1.29, 1.82) is 0 Å². The number of benzene rings is 1. The van der Waals surface area contributed by atoms with Crippen LogP contribution in [0.25, 0.3) is 0 Å². The van der Waals surface area contributed by atoms with Gasteiger partial charge in [-0.3, -0.25) is 14.5 Å². The fourth-order valence-corrected chi connectivity index (χ4v) is 3.52. The fourth-order valence-electron chi connectivity index (χ4n) is 3.32. The van der Waals surface area contributed by atoms with Gasteiger partial charge in [0.1, 0.15) is 11.4 Å². The molecular weight excluding hydrogens is 337 g/mol. The molecule has 0 aliphatic carbocycles. The van der Waals surface area contributed by atoms with Gasteiger partial charge in [-0.05, 0) is 18.2 Å². The maximum atomic E-state index is 13.4. The first-order valence-electron chi connectivity index (χ1n) is 7.81. The Balaban J connectivity index is 1.70. The molecule has 1 atom stereocenters. The number of nitrogens with zero attached hydrogens (tertiary/aromatic N) is 2. The fraction of sp³-hybridized carbons (Fsp3) is 0.500. The molecule has 2 aliphatic rings. The summed E-state index contributed by atoms with van der Waals surface area (Å²) in [6.45, 7) is 2.63. The number of hydrogen-bond donors (Lipinski definition) is 1. The Morgan fingerprint density at radius 1 is 1.25 bits per heavy atom. The van der Waals surface area contributed by atoms with Crippen molar-refractivity contribution in [3.63, 3.8) is 0 Å². The maximum Gasteiger partial charge on any atom is 0.255 e. The third kappa shape index (κ3) is 2.99. The molecule has 1 aromatic carbocycles. The molecule has 1 aromatic rings. The van der Waals surface area contributed by atoms with Crippen molar-refractivity contribution >= 4 is 23.4 Å². The Bertz CT molecular complexity index is 656. The van der Waals surface area contributed by atoms with Gasteiger partial charge in [-0.15, -0.1) is 0 Å². The molecule has 0 aromatic heterocycles. The number of piperazine rings is 1. The number of primary amides is 1. The van der Waals surface area contributed by atoms with E-state index in [2.05, 4.69) is 0 Å². The van der Waals surface area contributed by atoms with Gasteiger partial charge in [0.15, 0.2) is 0 Å². The number of nitrogens with two attached hydrogens (primary N) is 1. The monoisotopic (exact) mass is 355 g/mol.